The number of fused-ring (bicyclic) bond motifs is 1. The lowest BCUT2D eigenvalue weighted by molar-refractivity contribution is -0.138. The maximum absolute atomic E-state index is 12.8. The molecule has 268 valence electrons. The molecule has 1 fully saturated rings. The molecule has 1 aliphatic heterocycles. The maximum atomic E-state index is 12.8. The lowest BCUT2D eigenvalue weighted by Crippen LogP contribution is -2.48. The second kappa shape index (κ2) is 18.9. The summed E-state index contributed by atoms with van der Waals surface area (Å²) in [4.78, 5) is 48.8. The third-order valence-electron chi connectivity index (χ3n) is 8.90. The van der Waals surface area contributed by atoms with Gasteiger partial charge in [0.05, 0.1) is 19.2 Å². The Hall–Kier alpha value is -4.43. The van der Waals surface area contributed by atoms with Gasteiger partial charge in [0.25, 0.3) is 0 Å². The third-order valence-corrected chi connectivity index (χ3v) is 8.90. The first-order chi connectivity index (χ1) is 23.7. The number of aliphatic carboxylic acids is 1. The number of hydrogen-bond acceptors (Lipinski definition) is 10. The molecule has 3 heterocycles. The van der Waals surface area contributed by atoms with Crippen molar-refractivity contribution in [2.75, 3.05) is 57.4 Å². The number of unbranched alkanes of at least 4 members (excludes halogenated alkanes) is 3. The summed E-state index contributed by atoms with van der Waals surface area (Å²) in [6, 6.07) is 7.43. The molecule has 49 heavy (non-hydrogen) atoms. The van der Waals surface area contributed by atoms with Crippen molar-refractivity contribution in [2.24, 2.45) is 5.73 Å². The summed E-state index contributed by atoms with van der Waals surface area (Å²) in [6.07, 6.45) is 8.17. The Morgan fingerprint density at radius 2 is 1.76 bits per heavy atom. The minimum atomic E-state index is -1.01. The number of nitrogens with one attached hydrogen (secondary N) is 2. The Morgan fingerprint density at radius 3 is 2.49 bits per heavy atom. The van der Waals surface area contributed by atoms with Gasteiger partial charge in [0, 0.05) is 70.4 Å². The minimum absolute atomic E-state index is 0.0751. The number of carbonyl (C=O) groups excluding carboxylic acids is 2. The number of ether oxygens (including phenoxy) is 1. The van der Waals surface area contributed by atoms with Gasteiger partial charge in [-0.05, 0) is 49.8 Å². The number of carbonyl (C=O) groups is 3. The normalized spacial score (nSPS) is 14.1. The van der Waals surface area contributed by atoms with Crippen molar-refractivity contribution in [3.05, 3.63) is 41.6 Å². The van der Waals surface area contributed by atoms with E-state index in [0.717, 1.165) is 79.2 Å². The Morgan fingerprint density at radius 1 is 0.980 bits per heavy atom. The Labute approximate surface area is 288 Å². The molecule has 0 spiro atoms. The Kier molecular flexibility index (Phi) is 14.5. The molecule has 1 saturated heterocycles. The predicted molar refractivity (Wildman–Crippen MR) is 190 cm³/mol. The molecular weight excluding hydrogens is 626 g/mol. The van der Waals surface area contributed by atoms with Gasteiger partial charge in [0.15, 0.2) is 5.82 Å². The van der Waals surface area contributed by atoms with E-state index in [1.165, 1.54) is 0 Å². The number of methoxy groups -OCH3 is 1. The van der Waals surface area contributed by atoms with Crippen LogP contribution in [0, 0.1) is 0 Å². The fraction of sp³-hybridized carbons (Fsp3) is 0.571. The quantitative estimate of drug-likeness (QED) is 0.110. The number of amides is 2. The van der Waals surface area contributed by atoms with E-state index in [1.807, 2.05) is 17.2 Å². The van der Waals surface area contributed by atoms with Gasteiger partial charge in [-0.25, -0.2) is 4.98 Å². The highest BCUT2D eigenvalue weighted by Gasteiger charge is 2.22. The summed E-state index contributed by atoms with van der Waals surface area (Å²) in [5, 5.41) is 15.1. The molecule has 0 unspecified atom stereocenters. The molecule has 0 aliphatic carbocycles. The van der Waals surface area contributed by atoms with Crippen LogP contribution in [0.5, 0.6) is 5.75 Å². The molecule has 2 aromatic heterocycles. The largest absolute Gasteiger partial charge is 0.496 e. The first-order valence-corrected chi connectivity index (χ1v) is 17.5. The van der Waals surface area contributed by atoms with Crippen LogP contribution in [0.3, 0.4) is 0 Å². The van der Waals surface area contributed by atoms with Crippen LogP contribution in [0.15, 0.2) is 30.5 Å². The van der Waals surface area contributed by atoms with Gasteiger partial charge in [-0.2, -0.15) is 4.98 Å². The molecule has 2 amide bonds. The van der Waals surface area contributed by atoms with Gasteiger partial charge in [0.2, 0.25) is 17.8 Å². The van der Waals surface area contributed by atoms with E-state index in [4.69, 9.17) is 21.3 Å². The van der Waals surface area contributed by atoms with E-state index in [9.17, 15) is 14.4 Å². The molecule has 0 bridgehead atoms. The van der Waals surface area contributed by atoms with Crippen molar-refractivity contribution < 1.29 is 24.2 Å². The molecule has 7 N–H and O–H groups in total. The summed E-state index contributed by atoms with van der Waals surface area (Å²) in [7, 11) is 1.69. The molecular formula is C35H53N9O5. The number of nitrogens with zero attached hydrogens (tertiary/aromatic N) is 5. The lowest BCUT2D eigenvalue weighted by Gasteiger charge is -2.35. The number of benzene rings is 1. The summed E-state index contributed by atoms with van der Waals surface area (Å²) in [5.41, 5.74) is 15.4. The number of aromatic nitrogens is 3. The molecule has 14 nitrogen and oxygen atoms in total. The van der Waals surface area contributed by atoms with Gasteiger partial charge < -0.3 is 41.4 Å². The molecule has 1 atom stereocenters. The van der Waals surface area contributed by atoms with Crippen molar-refractivity contribution >= 4 is 40.6 Å². The second-order valence-corrected chi connectivity index (χ2v) is 12.7. The van der Waals surface area contributed by atoms with Crippen LogP contribution < -0.4 is 26.8 Å². The summed E-state index contributed by atoms with van der Waals surface area (Å²) >= 11 is 0. The lowest BCUT2D eigenvalue weighted by atomic mass is 10.1. The predicted octanol–water partition coefficient (Wildman–Crippen LogP) is 3.19. The molecule has 1 aliphatic rings. The second-order valence-electron chi connectivity index (χ2n) is 12.7. The zero-order valence-corrected chi connectivity index (χ0v) is 29.0. The van der Waals surface area contributed by atoms with E-state index < -0.39 is 12.0 Å². The topological polar surface area (TPSA) is 194 Å². The van der Waals surface area contributed by atoms with E-state index in [-0.39, 0.29) is 24.2 Å². The number of anilines is 2. The SMILES string of the molecule is CCCCCNc1nc(N)nc2ccn(Cc3ccc(CN4CCN(C(=O)CCCC(=O)NCCCC[C@H](N)C(=O)O)CC4)cc3OC)c12. The average Bonchev–Trinajstić information content (AvgIpc) is 3.49. The van der Waals surface area contributed by atoms with Crippen molar-refractivity contribution in [1.82, 2.24) is 29.7 Å². The van der Waals surface area contributed by atoms with E-state index in [1.54, 1.807) is 7.11 Å². The van der Waals surface area contributed by atoms with Gasteiger partial charge >= 0.3 is 5.97 Å². The molecule has 1 aromatic carbocycles. The van der Waals surface area contributed by atoms with E-state index in [2.05, 4.69) is 55.2 Å². The minimum Gasteiger partial charge on any atom is -0.496 e. The third kappa shape index (κ3) is 11.3. The summed E-state index contributed by atoms with van der Waals surface area (Å²) in [5.74, 6) is 0.777. The number of nitrogens with two attached hydrogens (primary N) is 2. The van der Waals surface area contributed by atoms with Crippen LogP contribution in [-0.2, 0) is 27.5 Å². The number of carboxylic acid groups (broad SMARTS) is 1. The maximum Gasteiger partial charge on any atom is 0.320 e. The number of hydrogen-bond donors (Lipinski definition) is 5. The first-order valence-electron chi connectivity index (χ1n) is 17.5. The molecule has 14 heteroatoms. The van der Waals surface area contributed by atoms with Crippen molar-refractivity contribution in [2.45, 2.75) is 83.8 Å². The Bertz CT molecular complexity index is 1540. The van der Waals surface area contributed by atoms with Gasteiger partial charge in [-0.15, -0.1) is 0 Å². The Balaban J connectivity index is 1.21. The standard InChI is InChI=1S/C35H53N9O5/c1-3-4-6-16-39-33-32-28(40-35(37)41-33)14-17-44(32)24-26-13-12-25(22-29(26)49-2)23-42-18-20-43(21-19-42)31(46)11-8-10-30(45)38-15-7-5-9-27(36)34(47)48/h12-14,17,22,27H,3-11,15-16,18-21,23-24,36H2,1-2H3,(H,38,45)(H,47,48)(H3,37,39,40,41)/t27-/m0/s1. The molecule has 0 saturated carbocycles. The zero-order valence-electron chi connectivity index (χ0n) is 29.0. The first kappa shape index (κ1) is 37.4. The average molecular weight is 680 g/mol. The van der Waals surface area contributed by atoms with Crippen molar-refractivity contribution in [1.29, 1.82) is 0 Å². The highest BCUT2D eigenvalue weighted by molar-refractivity contribution is 5.87. The van der Waals surface area contributed by atoms with Crippen LogP contribution >= 0.6 is 0 Å². The fourth-order valence-electron chi connectivity index (χ4n) is 6.06. The van der Waals surface area contributed by atoms with E-state index in [0.29, 0.717) is 58.3 Å². The van der Waals surface area contributed by atoms with E-state index >= 15 is 0 Å². The van der Waals surface area contributed by atoms with Crippen LogP contribution in [0.25, 0.3) is 11.0 Å². The smallest absolute Gasteiger partial charge is 0.320 e. The van der Waals surface area contributed by atoms with Crippen LogP contribution in [-0.4, -0.2) is 99.6 Å². The highest BCUT2D eigenvalue weighted by Crippen LogP contribution is 2.27. The molecule has 0 radical (unpaired) electrons. The number of piperazine rings is 1. The van der Waals surface area contributed by atoms with Crippen molar-refractivity contribution in [3.8, 4) is 5.75 Å². The van der Waals surface area contributed by atoms with Crippen molar-refractivity contribution in [3.63, 3.8) is 0 Å². The molecule has 3 aromatic rings. The summed E-state index contributed by atoms with van der Waals surface area (Å²) in [6.45, 7) is 7.68. The number of nitrogen functional groups attached to an aromatic ring is 1. The highest BCUT2D eigenvalue weighted by atomic mass is 16.5. The number of carboxylic acids is 1. The van der Waals surface area contributed by atoms with Gasteiger partial charge in [-0.3, -0.25) is 19.3 Å². The monoisotopic (exact) mass is 679 g/mol. The number of rotatable bonds is 20. The van der Waals surface area contributed by atoms with Crippen LogP contribution in [0.2, 0.25) is 0 Å². The fourth-order valence-corrected chi connectivity index (χ4v) is 6.06. The van der Waals surface area contributed by atoms with Crippen LogP contribution in [0.4, 0.5) is 11.8 Å². The summed E-state index contributed by atoms with van der Waals surface area (Å²) < 4.78 is 7.95. The van der Waals surface area contributed by atoms with Crippen LogP contribution in [0.1, 0.15) is 75.8 Å². The van der Waals surface area contributed by atoms with Gasteiger partial charge in [-0.1, -0.05) is 31.9 Å². The zero-order chi connectivity index (χ0) is 35.2. The van der Waals surface area contributed by atoms with Gasteiger partial charge in [0.1, 0.15) is 17.3 Å². The molecule has 4 rings (SSSR count).